The van der Waals surface area contributed by atoms with Crippen LogP contribution in [0.3, 0.4) is 0 Å². The molecule has 3 nitrogen and oxygen atoms in total. The van der Waals surface area contributed by atoms with Gasteiger partial charge >= 0.3 is 0 Å². The SMILES string of the molecule is Cc1ccc(CC(C)(C)NC[C@@H](O)COC(C)c2cccc(-c3ccccc3CC(C)C)c2)cc1F. The Balaban J connectivity index is 1.54. The van der Waals surface area contributed by atoms with Crippen molar-refractivity contribution in [1.82, 2.24) is 5.32 Å². The number of rotatable bonds is 12. The molecular weight excluding hydrogens is 449 g/mol. The Hall–Kier alpha value is -2.53. The zero-order valence-electron chi connectivity index (χ0n) is 22.6. The van der Waals surface area contributed by atoms with Gasteiger partial charge in [-0.2, -0.15) is 0 Å². The van der Waals surface area contributed by atoms with Gasteiger partial charge in [0.1, 0.15) is 5.82 Å². The molecule has 4 heteroatoms. The molecule has 0 heterocycles. The van der Waals surface area contributed by atoms with E-state index in [1.807, 2.05) is 19.1 Å². The number of hydrogen-bond acceptors (Lipinski definition) is 3. The molecule has 3 aromatic carbocycles. The Morgan fingerprint density at radius 3 is 2.44 bits per heavy atom. The molecular formula is C32H42FNO2. The van der Waals surface area contributed by atoms with Gasteiger partial charge in [0, 0.05) is 12.1 Å². The highest BCUT2D eigenvalue weighted by atomic mass is 19.1. The third-order valence-electron chi connectivity index (χ3n) is 6.55. The first-order valence-electron chi connectivity index (χ1n) is 13.0. The van der Waals surface area contributed by atoms with Gasteiger partial charge in [-0.1, -0.05) is 68.4 Å². The van der Waals surface area contributed by atoms with Gasteiger partial charge in [-0.25, -0.2) is 4.39 Å². The lowest BCUT2D eigenvalue weighted by Gasteiger charge is -2.28. The molecule has 3 aromatic rings. The second-order valence-corrected chi connectivity index (χ2v) is 11.0. The van der Waals surface area contributed by atoms with Crippen molar-refractivity contribution in [1.29, 1.82) is 0 Å². The first-order valence-corrected chi connectivity index (χ1v) is 13.0. The number of ether oxygens (including phenoxy) is 1. The number of aliphatic hydroxyl groups is 1. The lowest BCUT2D eigenvalue weighted by Crippen LogP contribution is -2.46. The number of aliphatic hydroxyl groups excluding tert-OH is 1. The minimum absolute atomic E-state index is 0.139. The average molecular weight is 492 g/mol. The van der Waals surface area contributed by atoms with Crippen LogP contribution in [0.4, 0.5) is 4.39 Å². The van der Waals surface area contributed by atoms with Crippen LogP contribution in [0.5, 0.6) is 0 Å². The minimum atomic E-state index is -0.642. The van der Waals surface area contributed by atoms with Crippen LogP contribution in [0.1, 0.15) is 63.0 Å². The Morgan fingerprint density at radius 1 is 0.972 bits per heavy atom. The lowest BCUT2D eigenvalue weighted by atomic mass is 9.92. The summed E-state index contributed by atoms with van der Waals surface area (Å²) in [4.78, 5) is 0. The van der Waals surface area contributed by atoms with Gasteiger partial charge in [-0.05, 0) is 92.0 Å². The van der Waals surface area contributed by atoms with Crippen LogP contribution in [0.15, 0.2) is 66.7 Å². The van der Waals surface area contributed by atoms with Gasteiger partial charge in [-0.15, -0.1) is 0 Å². The minimum Gasteiger partial charge on any atom is -0.389 e. The predicted molar refractivity (Wildman–Crippen MR) is 148 cm³/mol. The van der Waals surface area contributed by atoms with E-state index in [0.29, 0.717) is 24.4 Å². The highest BCUT2D eigenvalue weighted by Gasteiger charge is 2.20. The van der Waals surface area contributed by atoms with E-state index in [9.17, 15) is 9.50 Å². The molecule has 0 aliphatic carbocycles. The monoisotopic (exact) mass is 491 g/mol. The molecule has 0 fully saturated rings. The fourth-order valence-electron chi connectivity index (χ4n) is 4.50. The molecule has 0 saturated carbocycles. The van der Waals surface area contributed by atoms with Gasteiger partial charge in [0.2, 0.25) is 0 Å². The van der Waals surface area contributed by atoms with Crippen molar-refractivity contribution >= 4 is 0 Å². The number of β-amino-alcohol motifs (C(OH)–C–C–N with tert-alkyl or cyclic N) is 1. The molecule has 2 N–H and O–H groups in total. The largest absolute Gasteiger partial charge is 0.389 e. The van der Waals surface area contributed by atoms with Crippen LogP contribution in [-0.2, 0) is 17.6 Å². The quantitative estimate of drug-likeness (QED) is 0.285. The predicted octanol–water partition coefficient (Wildman–Crippen LogP) is 7.05. The zero-order valence-corrected chi connectivity index (χ0v) is 22.6. The molecule has 0 amide bonds. The summed E-state index contributed by atoms with van der Waals surface area (Å²) in [7, 11) is 0. The van der Waals surface area contributed by atoms with Crippen molar-refractivity contribution in [3.8, 4) is 11.1 Å². The van der Waals surface area contributed by atoms with E-state index >= 15 is 0 Å². The van der Waals surface area contributed by atoms with Gasteiger partial charge in [0.05, 0.1) is 18.8 Å². The summed E-state index contributed by atoms with van der Waals surface area (Å²) >= 11 is 0. The summed E-state index contributed by atoms with van der Waals surface area (Å²) in [5.74, 6) is 0.410. The van der Waals surface area contributed by atoms with Gasteiger partial charge in [0.15, 0.2) is 0 Å². The fraction of sp³-hybridized carbons (Fsp3) is 0.438. The van der Waals surface area contributed by atoms with Crippen molar-refractivity contribution in [3.63, 3.8) is 0 Å². The molecule has 0 spiro atoms. The normalized spacial score (nSPS) is 13.7. The maximum Gasteiger partial charge on any atom is 0.126 e. The summed E-state index contributed by atoms with van der Waals surface area (Å²) in [6.45, 7) is 13.0. The smallest absolute Gasteiger partial charge is 0.126 e. The van der Waals surface area contributed by atoms with Crippen molar-refractivity contribution in [2.75, 3.05) is 13.2 Å². The third kappa shape index (κ3) is 8.26. The van der Waals surface area contributed by atoms with Crippen LogP contribution in [0, 0.1) is 18.7 Å². The molecule has 0 aromatic heterocycles. The van der Waals surface area contributed by atoms with E-state index in [4.69, 9.17) is 4.74 Å². The second-order valence-electron chi connectivity index (χ2n) is 11.0. The topological polar surface area (TPSA) is 41.5 Å². The van der Waals surface area contributed by atoms with E-state index < -0.39 is 6.10 Å². The number of halogens is 1. The van der Waals surface area contributed by atoms with Gasteiger partial charge in [-0.3, -0.25) is 0 Å². The molecule has 0 aliphatic rings. The molecule has 2 atom stereocenters. The van der Waals surface area contributed by atoms with E-state index in [1.54, 1.807) is 13.0 Å². The van der Waals surface area contributed by atoms with Gasteiger partial charge in [0.25, 0.3) is 0 Å². The third-order valence-corrected chi connectivity index (χ3v) is 6.55. The highest BCUT2D eigenvalue weighted by Crippen LogP contribution is 2.29. The molecule has 1 unspecified atom stereocenters. The fourth-order valence-corrected chi connectivity index (χ4v) is 4.50. The van der Waals surface area contributed by atoms with Crippen molar-refractivity contribution in [3.05, 3.63) is 94.8 Å². The second kappa shape index (κ2) is 12.6. The summed E-state index contributed by atoms with van der Waals surface area (Å²) in [6.07, 6.45) is 0.928. The number of nitrogens with one attached hydrogen (secondary N) is 1. The molecule has 194 valence electrons. The van der Waals surface area contributed by atoms with Crippen LogP contribution >= 0.6 is 0 Å². The number of aryl methyl sites for hydroxylation is 1. The maximum atomic E-state index is 13.9. The Morgan fingerprint density at radius 2 is 1.72 bits per heavy atom. The van der Waals surface area contributed by atoms with Crippen LogP contribution in [0.25, 0.3) is 11.1 Å². The number of hydrogen-bond donors (Lipinski definition) is 2. The summed E-state index contributed by atoms with van der Waals surface area (Å²) < 4.78 is 19.9. The summed E-state index contributed by atoms with van der Waals surface area (Å²) in [6, 6.07) is 22.4. The standard InChI is InChI=1S/C32H42FNO2/c1-22(2)16-27-10-7-8-13-30(27)28-12-9-11-26(18-28)24(4)36-21-29(35)20-34-32(5,6)19-25-15-14-23(3)31(33)17-25/h7-15,17-18,22,24,29,34-35H,16,19-21H2,1-6H3/t24?,29-/m1/s1. The van der Waals surface area contributed by atoms with Crippen molar-refractivity contribution in [2.45, 2.75) is 72.1 Å². The average Bonchev–Trinajstić information content (AvgIpc) is 2.83. The first kappa shape index (κ1) is 28.0. The van der Waals surface area contributed by atoms with Crippen LogP contribution in [0.2, 0.25) is 0 Å². The lowest BCUT2D eigenvalue weighted by molar-refractivity contribution is -0.00416. The molecule has 0 aliphatic heterocycles. The summed E-state index contributed by atoms with van der Waals surface area (Å²) in [5.41, 5.74) is 6.20. The van der Waals surface area contributed by atoms with E-state index in [0.717, 1.165) is 17.5 Å². The van der Waals surface area contributed by atoms with Crippen molar-refractivity contribution < 1.29 is 14.2 Å². The molecule has 36 heavy (non-hydrogen) atoms. The van der Waals surface area contributed by atoms with Crippen LogP contribution in [-0.4, -0.2) is 29.9 Å². The summed E-state index contributed by atoms with van der Waals surface area (Å²) in [5, 5.41) is 14.0. The van der Waals surface area contributed by atoms with E-state index in [2.05, 4.69) is 81.5 Å². The molecule has 0 saturated heterocycles. The molecule has 3 rings (SSSR count). The van der Waals surface area contributed by atoms with Crippen molar-refractivity contribution in [2.24, 2.45) is 5.92 Å². The first-order chi connectivity index (χ1) is 17.0. The van der Waals surface area contributed by atoms with E-state index in [1.165, 1.54) is 16.7 Å². The Labute approximate surface area is 216 Å². The maximum absolute atomic E-state index is 13.9. The van der Waals surface area contributed by atoms with Crippen LogP contribution < -0.4 is 5.32 Å². The number of benzene rings is 3. The molecule has 0 bridgehead atoms. The zero-order chi connectivity index (χ0) is 26.3. The van der Waals surface area contributed by atoms with E-state index in [-0.39, 0.29) is 24.1 Å². The highest BCUT2D eigenvalue weighted by molar-refractivity contribution is 5.68. The molecule has 0 radical (unpaired) electrons. The Bertz CT molecular complexity index is 1120. The Kier molecular flexibility index (Phi) is 9.84. The van der Waals surface area contributed by atoms with Gasteiger partial charge < -0.3 is 15.2 Å².